The second-order valence-electron chi connectivity index (χ2n) is 7.70. The molecule has 19 heavy (non-hydrogen) atoms. The van der Waals surface area contributed by atoms with Gasteiger partial charge < -0.3 is 5.11 Å². The van der Waals surface area contributed by atoms with Crippen LogP contribution in [0.4, 0.5) is 0 Å². The highest BCUT2D eigenvalue weighted by Crippen LogP contribution is 2.62. The number of rotatable bonds is 1. The first-order chi connectivity index (χ1) is 8.95. The molecule has 3 rings (SSSR count). The van der Waals surface area contributed by atoms with Gasteiger partial charge in [-0.3, -0.25) is 4.79 Å². The summed E-state index contributed by atoms with van der Waals surface area (Å²) in [5, 5.41) is 10.1. The lowest BCUT2D eigenvalue weighted by atomic mass is 9.52. The van der Waals surface area contributed by atoms with Crippen molar-refractivity contribution in [3.63, 3.8) is 0 Å². The number of ketones is 1. The van der Waals surface area contributed by atoms with E-state index in [9.17, 15) is 9.90 Å². The van der Waals surface area contributed by atoms with Crippen molar-refractivity contribution in [1.82, 2.24) is 0 Å². The average Bonchev–Trinajstić information content (AvgIpc) is 2.71. The number of hydrogen-bond acceptors (Lipinski definition) is 2. The third-order valence-corrected chi connectivity index (χ3v) is 7.02. The number of carbonyl (C=O) groups excluding carboxylic acids is 1. The Labute approximate surface area is 117 Å². The van der Waals surface area contributed by atoms with Crippen LogP contribution in [0.5, 0.6) is 0 Å². The minimum atomic E-state index is -0.172. The van der Waals surface area contributed by atoms with Crippen LogP contribution in [0.25, 0.3) is 0 Å². The maximum absolute atomic E-state index is 12.0. The van der Waals surface area contributed by atoms with Gasteiger partial charge in [0.25, 0.3) is 0 Å². The molecule has 0 aliphatic heterocycles. The minimum absolute atomic E-state index is 0.172. The van der Waals surface area contributed by atoms with Crippen molar-refractivity contribution in [3.05, 3.63) is 0 Å². The Hall–Kier alpha value is -0.370. The Kier molecular flexibility index (Phi) is 3.28. The van der Waals surface area contributed by atoms with E-state index in [1.54, 1.807) is 0 Å². The molecule has 0 amide bonds. The second kappa shape index (κ2) is 4.58. The molecule has 3 saturated carbocycles. The van der Waals surface area contributed by atoms with Crippen molar-refractivity contribution in [3.8, 4) is 0 Å². The Morgan fingerprint density at radius 3 is 2.63 bits per heavy atom. The molecule has 2 heteroatoms. The number of fused-ring (bicyclic) bond motifs is 3. The van der Waals surface area contributed by atoms with E-state index in [2.05, 4.69) is 13.8 Å². The smallest absolute Gasteiger partial charge is 0.135 e. The van der Waals surface area contributed by atoms with Crippen LogP contribution in [-0.2, 0) is 4.79 Å². The van der Waals surface area contributed by atoms with Gasteiger partial charge in [-0.1, -0.05) is 13.8 Å². The highest BCUT2D eigenvalue weighted by molar-refractivity contribution is 5.81. The first kappa shape index (κ1) is 13.6. The van der Waals surface area contributed by atoms with Crippen LogP contribution in [0, 0.1) is 35.0 Å². The van der Waals surface area contributed by atoms with Gasteiger partial charge in [0.1, 0.15) is 5.78 Å². The van der Waals surface area contributed by atoms with Crippen molar-refractivity contribution < 1.29 is 9.90 Å². The van der Waals surface area contributed by atoms with Crippen LogP contribution in [0.3, 0.4) is 0 Å². The van der Waals surface area contributed by atoms with Crippen molar-refractivity contribution in [2.45, 2.75) is 65.4 Å². The molecule has 1 N–H and O–H groups in total. The van der Waals surface area contributed by atoms with Gasteiger partial charge in [-0.15, -0.1) is 0 Å². The summed E-state index contributed by atoms with van der Waals surface area (Å²) in [6.07, 6.45) is 6.61. The third-order valence-electron chi connectivity index (χ3n) is 7.02. The van der Waals surface area contributed by atoms with Crippen LogP contribution >= 0.6 is 0 Å². The van der Waals surface area contributed by atoms with Gasteiger partial charge in [0, 0.05) is 12.3 Å². The van der Waals surface area contributed by atoms with E-state index in [4.69, 9.17) is 0 Å². The van der Waals surface area contributed by atoms with Gasteiger partial charge in [-0.25, -0.2) is 0 Å². The number of Topliss-reactive ketones (excluding diaryl/α,β-unsaturated/α-hetero) is 1. The Balaban J connectivity index is 1.86. The van der Waals surface area contributed by atoms with Crippen LogP contribution in [0.2, 0.25) is 0 Å². The Bertz CT molecular complexity index is 375. The monoisotopic (exact) mass is 264 g/mol. The summed E-state index contributed by atoms with van der Waals surface area (Å²) in [6, 6.07) is 0. The van der Waals surface area contributed by atoms with Gasteiger partial charge in [-0.05, 0) is 68.1 Å². The predicted octanol–water partition coefficient (Wildman–Crippen LogP) is 3.42. The van der Waals surface area contributed by atoms with Crippen LogP contribution in [-0.4, -0.2) is 17.0 Å². The van der Waals surface area contributed by atoms with Crippen LogP contribution < -0.4 is 0 Å². The lowest BCUT2D eigenvalue weighted by Gasteiger charge is -2.52. The molecule has 0 spiro atoms. The van der Waals surface area contributed by atoms with E-state index in [1.807, 2.05) is 6.92 Å². The SMILES string of the molecule is C[C@H](O)C1CCC2C3CCC(=O)[C@H](C)C3CCC21C. The van der Waals surface area contributed by atoms with E-state index in [1.165, 1.54) is 25.7 Å². The highest BCUT2D eigenvalue weighted by atomic mass is 16.3. The summed E-state index contributed by atoms with van der Waals surface area (Å²) in [5.41, 5.74) is 0.329. The number of hydrogen-bond donors (Lipinski definition) is 1. The number of carbonyl (C=O) groups is 1. The van der Waals surface area contributed by atoms with Crippen molar-refractivity contribution in [2.24, 2.45) is 35.0 Å². The third kappa shape index (κ3) is 1.90. The fourth-order valence-corrected chi connectivity index (χ4v) is 5.96. The molecule has 2 nitrogen and oxygen atoms in total. The molecular formula is C17H28O2. The molecule has 0 radical (unpaired) electrons. The second-order valence-corrected chi connectivity index (χ2v) is 7.70. The zero-order valence-electron chi connectivity index (χ0n) is 12.6. The van der Waals surface area contributed by atoms with Crippen molar-refractivity contribution in [1.29, 1.82) is 0 Å². The topological polar surface area (TPSA) is 37.3 Å². The zero-order valence-corrected chi connectivity index (χ0v) is 12.6. The van der Waals surface area contributed by atoms with Gasteiger partial charge in [0.15, 0.2) is 0 Å². The zero-order chi connectivity index (χ0) is 13.8. The molecule has 3 aliphatic carbocycles. The molecule has 0 heterocycles. The van der Waals surface area contributed by atoms with E-state index >= 15 is 0 Å². The molecule has 0 aromatic rings. The van der Waals surface area contributed by atoms with Gasteiger partial charge in [0.2, 0.25) is 0 Å². The molecule has 5 unspecified atom stereocenters. The average molecular weight is 264 g/mol. The minimum Gasteiger partial charge on any atom is -0.393 e. The molecule has 0 aromatic heterocycles. The summed E-state index contributed by atoms with van der Waals surface area (Å²) in [6.45, 7) is 6.54. The molecule has 3 aliphatic rings. The summed E-state index contributed by atoms with van der Waals surface area (Å²) in [5.74, 6) is 3.39. The standard InChI is InChI=1S/C17H28O2/c1-10-12-8-9-17(3)14(11(2)18)5-6-15(17)13(12)4-7-16(10)19/h10-15,18H,4-9H2,1-3H3/t10-,11+,12?,13?,14?,15?,17?/m1/s1. The normalized spacial score (nSPS) is 51.6. The van der Waals surface area contributed by atoms with Gasteiger partial charge in [0.05, 0.1) is 6.10 Å². The highest BCUT2D eigenvalue weighted by Gasteiger charge is 2.56. The lowest BCUT2D eigenvalue weighted by molar-refractivity contribution is -0.133. The summed E-state index contributed by atoms with van der Waals surface area (Å²) in [7, 11) is 0. The van der Waals surface area contributed by atoms with Crippen LogP contribution in [0.1, 0.15) is 59.3 Å². The van der Waals surface area contributed by atoms with Crippen molar-refractivity contribution in [2.75, 3.05) is 0 Å². The number of aliphatic hydroxyl groups excluding tert-OH is 1. The van der Waals surface area contributed by atoms with Crippen LogP contribution in [0.15, 0.2) is 0 Å². The maximum Gasteiger partial charge on any atom is 0.135 e. The first-order valence-corrected chi connectivity index (χ1v) is 8.16. The molecule has 0 bridgehead atoms. The fourth-order valence-electron chi connectivity index (χ4n) is 5.96. The quantitative estimate of drug-likeness (QED) is 0.788. The van der Waals surface area contributed by atoms with Crippen molar-refractivity contribution >= 4 is 5.78 Å². The van der Waals surface area contributed by atoms with Gasteiger partial charge in [-0.2, -0.15) is 0 Å². The molecule has 0 aromatic carbocycles. The lowest BCUT2D eigenvalue weighted by Crippen LogP contribution is -2.48. The largest absolute Gasteiger partial charge is 0.393 e. The first-order valence-electron chi connectivity index (χ1n) is 8.16. The van der Waals surface area contributed by atoms with E-state index < -0.39 is 0 Å². The molecule has 108 valence electrons. The Morgan fingerprint density at radius 1 is 1.21 bits per heavy atom. The maximum atomic E-state index is 12.0. The molecule has 0 saturated heterocycles. The summed E-state index contributed by atoms with van der Waals surface area (Å²) < 4.78 is 0. The molecule has 7 atom stereocenters. The summed E-state index contributed by atoms with van der Waals surface area (Å²) >= 11 is 0. The Morgan fingerprint density at radius 2 is 1.95 bits per heavy atom. The molecule has 3 fully saturated rings. The van der Waals surface area contributed by atoms with E-state index in [-0.39, 0.29) is 12.0 Å². The fraction of sp³-hybridized carbons (Fsp3) is 0.941. The summed E-state index contributed by atoms with van der Waals surface area (Å²) in [4.78, 5) is 12.0. The molecular weight excluding hydrogens is 236 g/mol. The van der Waals surface area contributed by atoms with E-state index in [0.29, 0.717) is 23.0 Å². The van der Waals surface area contributed by atoms with E-state index in [0.717, 1.165) is 24.7 Å². The predicted molar refractivity (Wildman–Crippen MR) is 75.6 cm³/mol. The van der Waals surface area contributed by atoms with Gasteiger partial charge >= 0.3 is 0 Å². The number of aliphatic hydroxyl groups is 1.